The molecule has 0 saturated heterocycles. The average molecular weight is 261 g/mol. The lowest BCUT2D eigenvalue weighted by Gasteiger charge is -2.09. The molecule has 0 aromatic heterocycles. The third kappa shape index (κ3) is 3.45. The molecular weight excluding hydrogens is 245 g/mol. The fraction of sp³-hybridized carbons (Fsp3) is 0.200. The van der Waals surface area contributed by atoms with Gasteiger partial charge in [0.15, 0.2) is 0 Å². The van der Waals surface area contributed by atoms with Gasteiger partial charge in [0.2, 0.25) is 0 Å². The van der Waals surface area contributed by atoms with Crippen molar-refractivity contribution in [3.8, 4) is 11.5 Å². The molecule has 0 saturated carbocycles. The lowest BCUT2D eigenvalue weighted by molar-refractivity contribution is 0.303. The molecule has 4 heteroatoms. The van der Waals surface area contributed by atoms with Crippen molar-refractivity contribution >= 4 is 0 Å². The van der Waals surface area contributed by atoms with Crippen LogP contribution in [0.1, 0.15) is 11.1 Å². The molecule has 0 atom stereocenters. The Balaban J connectivity index is 2.05. The van der Waals surface area contributed by atoms with Crippen molar-refractivity contribution in [2.45, 2.75) is 13.2 Å². The molecular formula is C15H16FNO2. The second-order valence-corrected chi connectivity index (χ2v) is 4.10. The van der Waals surface area contributed by atoms with Crippen LogP contribution in [-0.4, -0.2) is 7.11 Å². The van der Waals surface area contributed by atoms with E-state index in [0.717, 1.165) is 11.3 Å². The van der Waals surface area contributed by atoms with Crippen LogP contribution in [0.5, 0.6) is 11.5 Å². The van der Waals surface area contributed by atoms with Crippen LogP contribution in [0.25, 0.3) is 0 Å². The molecule has 0 bridgehead atoms. The Morgan fingerprint density at radius 2 is 1.89 bits per heavy atom. The molecule has 0 heterocycles. The number of benzene rings is 2. The molecule has 2 N–H and O–H groups in total. The molecule has 0 amide bonds. The van der Waals surface area contributed by atoms with Gasteiger partial charge in [-0.25, -0.2) is 4.39 Å². The number of nitrogens with two attached hydrogens (primary N) is 1. The highest BCUT2D eigenvalue weighted by Crippen LogP contribution is 2.20. The number of methoxy groups -OCH3 is 1. The van der Waals surface area contributed by atoms with Crippen molar-refractivity contribution < 1.29 is 13.9 Å². The van der Waals surface area contributed by atoms with Crippen LogP contribution >= 0.6 is 0 Å². The first-order valence-electron chi connectivity index (χ1n) is 5.97. The Morgan fingerprint density at radius 1 is 1.11 bits per heavy atom. The third-order valence-electron chi connectivity index (χ3n) is 2.78. The number of halogens is 1. The lowest BCUT2D eigenvalue weighted by atomic mass is 10.1. The van der Waals surface area contributed by atoms with Crippen molar-refractivity contribution in [3.63, 3.8) is 0 Å². The Bertz CT molecular complexity index is 558. The summed E-state index contributed by atoms with van der Waals surface area (Å²) in [5.41, 5.74) is 6.84. The van der Waals surface area contributed by atoms with Crippen LogP contribution in [0.4, 0.5) is 4.39 Å². The van der Waals surface area contributed by atoms with Crippen LogP contribution in [-0.2, 0) is 13.2 Å². The number of hydrogen-bond donors (Lipinski definition) is 1. The van der Waals surface area contributed by atoms with Crippen molar-refractivity contribution in [1.29, 1.82) is 0 Å². The van der Waals surface area contributed by atoms with E-state index < -0.39 is 0 Å². The van der Waals surface area contributed by atoms with E-state index in [1.165, 1.54) is 6.07 Å². The fourth-order valence-electron chi connectivity index (χ4n) is 1.73. The molecule has 0 aliphatic rings. The first kappa shape index (κ1) is 13.4. The van der Waals surface area contributed by atoms with Gasteiger partial charge in [-0.2, -0.15) is 0 Å². The highest BCUT2D eigenvalue weighted by atomic mass is 19.1. The summed E-state index contributed by atoms with van der Waals surface area (Å²) in [6, 6.07) is 12.2. The summed E-state index contributed by atoms with van der Waals surface area (Å²) >= 11 is 0. The van der Waals surface area contributed by atoms with Gasteiger partial charge in [0, 0.05) is 18.2 Å². The average Bonchev–Trinajstić information content (AvgIpc) is 2.46. The molecule has 0 unspecified atom stereocenters. The number of ether oxygens (including phenoxy) is 2. The van der Waals surface area contributed by atoms with Gasteiger partial charge < -0.3 is 15.2 Å². The molecule has 0 fully saturated rings. The quantitative estimate of drug-likeness (QED) is 0.900. The van der Waals surface area contributed by atoms with Crippen LogP contribution in [0.2, 0.25) is 0 Å². The van der Waals surface area contributed by atoms with E-state index in [1.54, 1.807) is 25.3 Å². The summed E-state index contributed by atoms with van der Waals surface area (Å²) in [5, 5.41) is 0. The molecule has 0 radical (unpaired) electrons. The zero-order valence-electron chi connectivity index (χ0n) is 10.7. The monoisotopic (exact) mass is 261 g/mol. The second-order valence-electron chi connectivity index (χ2n) is 4.10. The smallest absolute Gasteiger partial charge is 0.127 e. The maximum atomic E-state index is 13.3. The van der Waals surface area contributed by atoms with Gasteiger partial charge in [0.05, 0.1) is 7.11 Å². The van der Waals surface area contributed by atoms with Crippen LogP contribution < -0.4 is 15.2 Å². The molecule has 3 nitrogen and oxygen atoms in total. The van der Waals surface area contributed by atoms with Gasteiger partial charge in [0.25, 0.3) is 0 Å². The van der Waals surface area contributed by atoms with E-state index in [-0.39, 0.29) is 12.4 Å². The minimum atomic E-state index is -0.285. The maximum absolute atomic E-state index is 13.3. The summed E-state index contributed by atoms with van der Waals surface area (Å²) in [5.74, 6) is 1.16. The second kappa shape index (κ2) is 6.20. The predicted octanol–water partition coefficient (Wildman–Crippen LogP) is 2.87. The van der Waals surface area contributed by atoms with E-state index in [9.17, 15) is 4.39 Å². The van der Waals surface area contributed by atoms with Gasteiger partial charge in [-0.15, -0.1) is 0 Å². The molecule has 2 rings (SSSR count). The summed E-state index contributed by atoms with van der Waals surface area (Å²) in [4.78, 5) is 0. The summed E-state index contributed by atoms with van der Waals surface area (Å²) in [7, 11) is 1.60. The molecule has 2 aromatic rings. The first-order valence-corrected chi connectivity index (χ1v) is 5.97. The minimum Gasteiger partial charge on any atom is -0.497 e. The molecule has 0 aliphatic carbocycles. The van der Waals surface area contributed by atoms with Crippen LogP contribution in [0.15, 0.2) is 42.5 Å². The van der Waals surface area contributed by atoms with E-state index in [1.807, 2.05) is 18.2 Å². The van der Waals surface area contributed by atoms with E-state index in [0.29, 0.717) is 17.9 Å². The third-order valence-corrected chi connectivity index (χ3v) is 2.78. The Hall–Kier alpha value is -2.07. The number of rotatable bonds is 5. The lowest BCUT2D eigenvalue weighted by Crippen LogP contribution is -2.02. The molecule has 0 spiro atoms. The molecule has 0 aliphatic heterocycles. The van der Waals surface area contributed by atoms with E-state index >= 15 is 0 Å². The van der Waals surface area contributed by atoms with Gasteiger partial charge >= 0.3 is 0 Å². The molecule has 2 aromatic carbocycles. The fourth-order valence-corrected chi connectivity index (χ4v) is 1.73. The van der Waals surface area contributed by atoms with Crippen LogP contribution in [0.3, 0.4) is 0 Å². The van der Waals surface area contributed by atoms with E-state index in [4.69, 9.17) is 15.2 Å². The molecule has 19 heavy (non-hydrogen) atoms. The first-order chi connectivity index (χ1) is 9.22. The highest BCUT2D eigenvalue weighted by molar-refractivity contribution is 5.33. The van der Waals surface area contributed by atoms with Crippen molar-refractivity contribution in [2.75, 3.05) is 7.11 Å². The molecule has 100 valence electrons. The highest BCUT2D eigenvalue weighted by Gasteiger charge is 2.03. The zero-order valence-corrected chi connectivity index (χ0v) is 10.7. The van der Waals surface area contributed by atoms with Gasteiger partial charge in [-0.05, 0) is 29.8 Å². The normalized spacial score (nSPS) is 10.3. The Morgan fingerprint density at radius 3 is 2.63 bits per heavy atom. The van der Waals surface area contributed by atoms with Gasteiger partial charge in [-0.1, -0.05) is 12.1 Å². The Kier molecular flexibility index (Phi) is 4.36. The van der Waals surface area contributed by atoms with Gasteiger partial charge in [-0.3, -0.25) is 0 Å². The predicted molar refractivity (Wildman–Crippen MR) is 71.6 cm³/mol. The zero-order chi connectivity index (χ0) is 13.7. The van der Waals surface area contributed by atoms with Crippen molar-refractivity contribution in [3.05, 3.63) is 59.4 Å². The summed E-state index contributed by atoms with van der Waals surface area (Å²) in [6.07, 6.45) is 0. The van der Waals surface area contributed by atoms with Gasteiger partial charge in [0.1, 0.15) is 23.9 Å². The maximum Gasteiger partial charge on any atom is 0.127 e. The Labute approximate surface area is 111 Å². The SMILES string of the molecule is COc1cccc(OCc2ccc(F)c(CN)c2)c1. The van der Waals surface area contributed by atoms with Crippen molar-refractivity contribution in [2.24, 2.45) is 5.73 Å². The number of hydrogen-bond acceptors (Lipinski definition) is 3. The minimum absolute atomic E-state index is 0.179. The summed E-state index contributed by atoms with van der Waals surface area (Å²) in [6.45, 7) is 0.541. The van der Waals surface area contributed by atoms with Crippen molar-refractivity contribution in [1.82, 2.24) is 0 Å². The standard InChI is InChI=1S/C15H16FNO2/c1-18-13-3-2-4-14(8-13)19-10-11-5-6-15(16)12(7-11)9-17/h2-8H,9-10,17H2,1H3. The van der Waals surface area contributed by atoms with Crippen LogP contribution in [0, 0.1) is 5.82 Å². The largest absolute Gasteiger partial charge is 0.497 e. The topological polar surface area (TPSA) is 44.5 Å². The summed E-state index contributed by atoms with van der Waals surface area (Å²) < 4.78 is 24.0. The van der Waals surface area contributed by atoms with E-state index in [2.05, 4.69) is 0 Å².